The summed E-state index contributed by atoms with van der Waals surface area (Å²) in [6.07, 6.45) is 6.58. The van der Waals surface area contributed by atoms with Gasteiger partial charge in [0.1, 0.15) is 5.69 Å². The van der Waals surface area contributed by atoms with Crippen LogP contribution < -0.4 is 15.4 Å². The molecule has 0 amide bonds. The Balaban J connectivity index is 1.47. The molecule has 0 aliphatic carbocycles. The molecular formula is C24H25FN8O. The number of benzene rings is 1. The minimum atomic E-state index is -0.579. The molecule has 9 nitrogen and oxygen atoms in total. The largest absolute Gasteiger partial charge is 0.478 e. The maximum atomic E-state index is 14.8. The van der Waals surface area contributed by atoms with Gasteiger partial charge in [-0.15, -0.1) is 5.10 Å². The third-order valence-corrected chi connectivity index (χ3v) is 6.15. The molecule has 0 saturated carbocycles. The number of aromatic nitrogens is 5. The zero-order valence-electron chi connectivity index (χ0n) is 19.2. The highest BCUT2D eigenvalue weighted by Gasteiger charge is 2.29. The average Bonchev–Trinajstić information content (AvgIpc) is 3.43. The number of hydrogen-bond acceptors (Lipinski definition) is 7. The standard InChI is InChI=1S/C24H25FN8O/c1-24(2)11-16(7-9-28-24)33-14-19(22(31-33)34-3)29-23-27-13-18(25)21(30-23)32-10-8-17-15(12-26)5-4-6-20(17)32/h4-6,8,10,13-14,16,28H,7,9,11H2,1-3H3,(H,27,29,30). The smallest absolute Gasteiger partial charge is 0.256 e. The molecule has 1 aliphatic heterocycles. The maximum absolute atomic E-state index is 14.8. The van der Waals surface area contributed by atoms with Gasteiger partial charge in [-0.05, 0) is 51.4 Å². The lowest BCUT2D eigenvalue weighted by Crippen LogP contribution is -2.46. The quantitative estimate of drug-likeness (QED) is 0.462. The van der Waals surface area contributed by atoms with Gasteiger partial charge in [-0.2, -0.15) is 10.2 Å². The third kappa shape index (κ3) is 3.95. The second kappa shape index (κ2) is 8.43. The Morgan fingerprint density at radius 3 is 2.94 bits per heavy atom. The fraction of sp³-hybridized carbons (Fsp3) is 0.333. The molecule has 0 bridgehead atoms. The molecule has 1 unspecified atom stereocenters. The van der Waals surface area contributed by atoms with Crippen LogP contribution in [0.2, 0.25) is 0 Å². The summed E-state index contributed by atoms with van der Waals surface area (Å²) in [5.74, 6) is 0.119. The number of halogens is 1. The van der Waals surface area contributed by atoms with Crippen molar-refractivity contribution in [2.75, 3.05) is 19.0 Å². The molecule has 0 spiro atoms. The minimum Gasteiger partial charge on any atom is -0.478 e. The topological polar surface area (TPSA) is 106 Å². The summed E-state index contributed by atoms with van der Waals surface area (Å²) < 4.78 is 23.8. The lowest BCUT2D eigenvalue weighted by molar-refractivity contribution is 0.218. The van der Waals surface area contributed by atoms with Crippen LogP contribution in [-0.4, -0.2) is 43.5 Å². The van der Waals surface area contributed by atoms with E-state index in [0.29, 0.717) is 22.6 Å². The SMILES string of the molecule is COc1nn(C2CCNC(C)(C)C2)cc1Nc1ncc(F)c(-n2ccc3c(C#N)cccc32)n1. The molecular weight excluding hydrogens is 435 g/mol. The van der Waals surface area contributed by atoms with Crippen molar-refractivity contribution < 1.29 is 9.13 Å². The molecule has 1 fully saturated rings. The van der Waals surface area contributed by atoms with Crippen LogP contribution in [-0.2, 0) is 0 Å². The predicted molar refractivity (Wildman–Crippen MR) is 126 cm³/mol. The molecule has 10 heteroatoms. The van der Waals surface area contributed by atoms with Crippen LogP contribution in [0.3, 0.4) is 0 Å². The highest BCUT2D eigenvalue weighted by molar-refractivity contribution is 5.87. The predicted octanol–water partition coefficient (Wildman–Crippen LogP) is 4.08. The third-order valence-electron chi connectivity index (χ3n) is 6.15. The Hall–Kier alpha value is -3.97. The van der Waals surface area contributed by atoms with E-state index in [1.807, 2.05) is 16.9 Å². The van der Waals surface area contributed by atoms with E-state index in [1.54, 1.807) is 36.1 Å². The zero-order valence-corrected chi connectivity index (χ0v) is 19.2. The molecule has 5 rings (SSSR count). The van der Waals surface area contributed by atoms with Crippen molar-refractivity contribution in [1.82, 2.24) is 29.6 Å². The summed E-state index contributed by atoms with van der Waals surface area (Å²) in [5, 5.41) is 21.3. The van der Waals surface area contributed by atoms with E-state index in [-0.39, 0.29) is 23.3 Å². The van der Waals surface area contributed by atoms with E-state index in [2.05, 4.69) is 45.6 Å². The Morgan fingerprint density at radius 2 is 2.18 bits per heavy atom. The van der Waals surface area contributed by atoms with Crippen LogP contribution in [0.15, 0.2) is 42.9 Å². The first-order chi connectivity index (χ1) is 16.4. The van der Waals surface area contributed by atoms with Crippen LogP contribution in [0.1, 0.15) is 38.3 Å². The van der Waals surface area contributed by atoms with E-state index >= 15 is 0 Å². The molecule has 0 radical (unpaired) electrons. The van der Waals surface area contributed by atoms with Gasteiger partial charge >= 0.3 is 0 Å². The van der Waals surface area contributed by atoms with Crippen molar-refractivity contribution in [2.45, 2.75) is 38.3 Å². The first-order valence-corrected chi connectivity index (χ1v) is 11.1. The molecule has 2 N–H and O–H groups in total. The fourth-order valence-electron chi connectivity index (χ4n) is 4.52. The number of hydrogen-bond donors (Lipinski definition) is 2. The lowest BCUT2D eigenvalue weighted by Gasteiger charge is -2.36. The van der Waals surface area contributed by atoms with Crippen molar-refractivity contribution >= 4 is 22.5 Å². The van der Waals surface area contributed by atoms with Crippen molar-refractivity contribution in [2.24, 2.45) is 0 Å². The maximum Gasteiger partial charge on any atom is 0.256 e. The summed E-state index contributed by atoms with van der Waals surface area (Å²) in [5.41, 5.74) is 1.82. The number of rotatable bonds is 5. The van der Waals surface area contributed by atoms with Crippen LogP contribution in [0.4, 0.5) is 16.0 Å². The van der Waals surface area contributed by atoms with Crippen molar-refractivity contribution in [3.8, 4) is 17.8 Å². The number of nitrogens with one attached hydrogen (secondary N) is 2. The number of ether oxygens (including phenoxy) is 1. The Morgan fingerprint density at radius 1 is 1.32 bits per heavy atom. The number of methoxy groups -OCH3 is 1. The molecule has 4 aromatic rings. The molecule has 1 aliphatic rings. The Bertz CT molecular complexity index is 1400. The molecule has 174 valence electrons. The molecule has 3 aromatic heterocycles. The Labute approximate surface area is 196 Å². The Kier molecular flexibility index (Phi) is 5.42. The van der Waals surface area contributed by atoms with Crippen LogP contribution in [0.5, 0.6) is 5.88 Å². The summed E-state index contributed by atoms with van der Waals surface area (Å²) >= 11 is 0. The van der Waals surface area contributed by atoms with E-state index in [4.69, 9.17) is 4.74 Å². The van der Waals surface area contributed by atoms with E-state index < -0.39 is 5.82 Å². The second-order valence-electron chi connectivity index (χ2n) is 9.02. The zero-order chi connectivity index (χ0) is 23.9. The van der Waals surface area contributed by atoms with Gasteiger partial charge in [0.15, 0.2) is 11.6 Å². The van der Waals surface area contributed by atoms with Crippen molar-refractivity contribution in [1.29, 1.82) is 5.26 Å². The first-order valence-electron chi connectivity index (χ1n) is 11.1. The van der Waals surface area contributed by atoms with Gasteiger partial charge < -0.3 is 15.4 Å². The summed E-state index contributed by atoms with van der Waals surface area (Å²) in [6.45, 7) is 5.26. The molecule has 1 saturated heterocycles. The number of nitrogens with zero attached hydrogens (tertiary/aromatic N) is 6. The molecule has 34 heavy (non-hydrogen) atoms. The van der Waals surface area contributed by atoms with Crippen molar-refractivity contribution in [3.05, 3.63) is 54.2 Å². The number of fused-ring (bicyclic) bond motifs is 1. The highest BCUT2D eigenvalue weighted by atomic mass is 19.1. The van der Waals surface area contributed by atoms with Crippen LogP contribution >= 0.6 is 0 Å². The average molecular weight is 461 g/mol. The summed E-state index contributed by atoms with van der Waals surface area (Å²) in [4.78, 5) is 8.53. The normalized spacial score (nSPS) is 17.4. The van der Waals surface area contributed by atoms with Crippen LogP contribution in [0, 0.1) is 17.1 Å². The summed E-state index contributed by atoms with van der Waals surface area (Å²) in [6, 6.07) is 9.47. The van der Waals surface area contributed by atoms with Gasteiger partial charge in [-0.3, -0.25) is 9.25 Å². The van der Waals surface area contributed by atoms with Crippen LogP contribution in [0.25, 0.3) is 16.7 Å². The van der Waals surface area contributed by atoms with E-state index in [0.717, 1.165) is 31.0 Å². The first kappa shape index (κ1) is 21.9. The van der Waals surface area contributed by atoms with Gasteiger partial charge in [-0.25, -0.2) is 9.37 Å². The fourth-order valence-corrected chi connectivity index (χ4v) is 4.52. The molecule has 1 aromatic carbocycles. The second-order valence-corrected chi connectivity index (χ2v) is 9.02. The van der Waals surface area contributed by atoms with E-state index in [9.17, 15) is 9.65 Å². The minimum absolute atomic E-state index is 0.0234. The van der Waals surface area contributed by atoms with Gasteiger partial charge in [0.05, 0.1) is 42.7 Å². The number of piperidine rings is 1. The lowest BCUT2D eigenvalue weighted by atomic mass is 9.89. The molecule has 1 atom stereocenters. The van der Waals surface area contributed by atoms with Crippen molar-refractivity contribution in [3.63, 3.8) is 0 Å². The highest BCUT2D eigenvalue weighted by Crippen LogP contribution is 2.33. The summed E-state index contributed by atoms with van der Waals surface area (Å²) in [7, 11) is 1.56. The van der Waals surface area contributed by atoms with Gasteiger partial charge in [0.2, 0.25) is 5.95 Å². The monoisotopic (exact) mass is 460 g/mol. The molecule has 4 heterocycles. The van der Waals surface area contributed by atoms with Gasteiger partial charge in [0, 0.05) is 17.1 Å². The number of nitriles is 1. The van der Waals surface area contributed by atoms with Gasteiger partial charge in [-0.1, -0.05) is 6.07 Å². The van der Waals surface area contributed by atoms with E-state index in [1.165, 1.54) is 0 Å². The van der Waals surface area contributed by atoms with Gasteiger partial charge in [0.25, 0.3) is 5.88 Å². The number of anilines is 2.